The predicted molar refractivity (Wildman–Crippen MR) is 118 cm³/mol. The van der Waals surface area contributed by atoms with Crippen LogP contribution in [0.2, 0.25) is 0 Å². The summed E-state index contributed by atoms with van der Waals surface area (Å²) in [6.45, 7) is 2.61. The van der Waals surface area contributed by atoms with Crippen LogP contribution in [-0.4, -0.2) is 67.9 Å². The van der Waals surface area contributed by atoms with Gasteiger partial charge >= 0.3 is 0 Å². The van der Waals surface area contributed by atoms with Gasteiger partial charge in [-0.05, 0) is 30.3 Å². The third-order valence-corrected chi connectivity index (χ3v) is 5.43. The molecule has 1 aliphatic heterocycles. The van der Waals surface area contributed by atoms with Crippen LogP contribution in [0.1, 0.15) is 10.4 Å². The first kappa shape index (κ1) is 20.6. The molecule has 1 amide bonds. The highest BCUT2D eigenvalue weighted by Gasteiger charge is 2.25. The molecule has 8 heteroatoms. The number of ether oxygens (including phenoxy) is 3. The van der Waals surface area contributed by atoms with Crippen molar-refractivity contribution in [2.45, 2.75) is 0 Å². The van der Waals surface area contributed by atoms with Crippen molar-refractivity contribution in [3.05, 3.63) is 60.4 Å². The van der Waals surface area contributed by atoms with Crippen molar-refractivity contribution in [3.8, 4) is 22.9 Å². The molecule has 3 aromatic rings. The molecular formula is C23H26N4O4. The number of nitrogens with zero attached hydrogens (tertiary/aromatic N) is 4. The number of rotatable bonds is 6. The molecule has 1 saturated heterocycles. The lowest BCUT2D eigenvalue weighted by Gasteiger charge is -2.35. The van der Waals surface area contributed by atoms with E-state index in [0.717, 1.165) is 17.4 Å². The average molecular weight is 422 g/mol. The minimum atomic E-state index is -0.0169. The quantitative estimate of drug-likeness (QED) is 0.609. The van der Waals surface area contributed by atoms with Crippen LogP contribution >= 0.6 is 0 Å². The Morgan fingerprint density at radius 1 is 0.903 bits per heavy atom. The Hall–Kier alpha value is -3.68. The highest BCUT2D eigenvalue weighted by Crippen LogP contribution is 2.28. The van der Waals surface area contributed by atoms with Gasteiger partial charge in [0.2, 0.25) is 5.95 Å². The number of aromatic nitrogens is 2. The molecule has 0 bridgehead atoms. The normalized spacial score (nSPS) is 13.8. The van der Waals surface area contributed by atoms with Crippen molar-refractivity contribution < 1.29 is 19.0 Å². The second kappa shape index (κ2) is 8.99. The summed E-state index contributed by atoms with van der Waals surface area (Å²) in [6.07, 6.45) is 3.72. The minimum absolute atomic E-state index is 0.0169. The Bertz CT molecular complexity index is 1060. The van der Waals surface area contributed by atoms with Crippen molar-refractivity contribution in [1.29, 1.82) is 0 Å². The number of hydrogen-bond acceptors (Lipinski definition) is 6. The van der Waals surface area contributed by atoms with Crippen molar-refractivity contribution >= 4 is 11.9 Å². The van der Waals surface area contributed by atoms with Crippen molar-refractivity contribution in [1.82, 2.24) is 14.5 Å². The van der Waals surface area contributed by atoms with Crippen molar-refractivity contribution in [3.63, 3.8) is 0 Å². The maximum Gasteiger partial charge on any atom is 0.254 e. The van der Waals surface area contributed by atoms with Gasteiger partial charge in [-0.25, -0.2) is 4.98 Å². The van der Waals surface area contributed by atoms with Gasteiger partial charge in [0, 0.05) is 50.2 Å². The molecule has 2 heterocycles. The number of piperazine rings is 1. The van der Waals surface area contributed by atoms with Crippen LogP contribution in [0.5, 0.6) is 17.2 Å². The largest absolute Gasteiger partial charge is 0.497 e. The molecule has 0 N–H and O–H groups in total. The second-order valence-electron chi connectivity index (χ2n) is 7.15. The summed E-state index contributed by atoms with van der Waals surface area (Å²) in [6, 6.07) is 13.1. The maximum absolute atomic E-state index is 13.0. The number of carbonyl (C=O) groups excluding carboxylic acids is 1. The first-order chi connectivity index (χ1) is 15.1. The van der Waals surface area contributed by atoms with E-state index in [1.807, 2.05) is 39.9 Å². The van der Waals surface area contributed by atoms with Crippen LogP contribution < -0.4 is 19.1 Å². The molecule has 0 aliphatic carbocycles. The SMILES string of the molecule is COc1cccc(-n2ccnc2N2CCN(C(=O)c3ccc(OC)c(OC)c3)CC2)c1. The standard InChI is InChI=1S/C23H26N4O4/c1-29-19-6-4-5-18(16-19)27-10-9-24-23(27)26-13-11-25(12-14-26)22(28)17-7-8-20(30-2)21(15-17)31-3/h4-10,15-16H,11-14H2,1-3H3. The number of amides is 1. The summed E-state index contributed by atoms with van der Waals surface area (Å²) in [5.74, 6) is 2.78. The highest BCUT2D eigenvalue weighted by molar-refractivity contribution is 5.95. The van der Waals surface area contributed by atoms with Crippen LogP contribution in [0.3, 0.4) is 0 Å². The van der Waals surface area contributed by atoms with E-state index in [2.05, 4.69) is 9.88 Å². The first-order valence-corrected chi connectivity index (χ1v) is 10.1. The van der Waals surface area contributed by atoms with Crippen molar-refractivity contribution in [2.75, 3.05) is 52.4 Å². The Morgan fingerprint density at radius 3 is 2.39 bits per heavy atom. The van der Waals surface area contributed by atoms with Gasteiger partial charge in [0.1, 0.15) is 5.75 Å². The molecule has 0 radical (unpaired) electrons. The van der Waals surface area contributed by atoms with Gasteiger partial charge in [-0.1, -0.05) is 6.07 Å². The lowest BCUT2D eigenvalue weighted by molar-refractivity contribution is 0.0745. The zero-order chi connectivity index (χ0) is 21.8. The highest BCUT2D eigenvalue weighted by atomic mass is 16.5. The van der Waals surface area contributed by atoms with Gasteiger partial charge in [-0.2, -0.15) is 0 Å². The Labute approximate surface area is 181 Å². The number of methoxy groups -OCH3 is 3. The lowest BCUT2D eigenvalue weighted by Crippen LogP contribution is -2.49. The van der Waals surface area contributed by atoms with E-state index in [1.54, 1.807) is 45.7 Å². The van der Waals surface area contributed by atoms with Crippen LogP contribution in [-0.2, 0) is 0 Å². The molecule has 1 fully saturated rings. The third kappa shape index (κ3) is 4.14. The van der Waals surface area contributed by atoms with Gasteiger partial charge in [-0.15, -0.1) is 0 Å². The molecule has 1 aliphatic rings. The molecule has 2 aromatic carbocycles. The zero-order valence-electron chi connectivity index (χ0n) is 17.9. The van der Waals surface area contributed by atoms with Crippen LogP contribution in [0.25, 0.3) is 5.69 Å². The van der Waals surface area contributed by atoms with E-state index in [1.165, 1.54) is 0 Å². The fraction of sp³-hybridized carbons (Fsp3) is 0.304. The number of imidazole rings is 1. The third-order valence-electron chi connectivity index (χ3n) is 5.43. The summed E-state index contributed by atoms with van der Waals surface area (Å²) < 4.78 is 18.0. The number of hydrogen-bond donors (Lipinski definition) is 0. The lowest BCUT2D eigenvalue weighted by atomic mass is 10.1. The summed E-state index contributed by atoms with van der Waals surface area (Å²) in [5.41, 5.74) is 1.57. The van der Waals surface area contributed by atoms with E-state index in [-0.39, 0.29) is 5.91 Å². The van der Waals surface area contributed by atoms with E-state index >= 15 is 0 Å². The fourth-order valence-electron chi connectivity index (χ4n) is 3.75. The molecule has 1 aromatic heterocycles. The molecule has 8 nitrogen and oxygen atoms in total. The average Bonchev–Trinajstić information content (AvgIpc) is 3.33. The summed E-state index contributed by atoms with van der Waals surface area (Å²) in [7, 11) is 4.80. The van der Waals surface area contributed by atoms with Crippen LogP contribution in [0.15, 0.2) is 54.9 Å². The molecule has 0 spiro atoms. The van der Waals surface area contributed by atoms with E-state index in [9.17, 15) is 4.79 Å². The Kier molecular flexibility index (Phi) is 5.97. The second-order valence-corrected chi connectivity index (χ2v) is 7.15. The molecule has 162 valence electrons. The predicted octanol–water partition coefficient (Wildman–Crippen LogP) is 2.86. The van der Waals surface area contributed by atoms with Gasteiger partial charge < -0.3 is 24.0 Å². The summed E-state index contributed by atoms with van der Waals surface area (Å²) >= 11 is 0. The topological polar surface area (TPSA) is 69.1 Å². The van der Waals surface area contributed by atoms with Gasteiger partial charge in [0.05, 0.1) is 27.0 Å². The van der Waals surface area contributed by atoms with Crippen LogP contribution in [0, 0.1) is 0 Å². The van der Waals surface area contributed by atoms with E-state index in [4.69, 9.17) is 14.2 Å². The van der Waals surface area contributed by atoms with Gasteiger partial charge in [0.25, 0.3) is 5.91 Å². The molecule has 31 heavy (non-hydrogen) atoms. The van der Waals surface area contributed by atoms with Crippen molar-refractivity contribution in [2.24, 2.45) is 0 Å². The molecular weight excluding hydrogens is 396 g/mol. The van der Waals surface area contributed by atoms with Crippen LogP contribution in [0.4, 0.5) is 5.95 Å². The first-order valence-electron chi connectivity index (χ1n) is 10.1. The summed E-state index contributed by atoms with van der Waals surface area (Å²) in [4.78, 5) is 21.6. The monoisotopic (exact) mass is 422 g/mol. The smallest absolute Gasteiger partial charge is 0.254 e. The number of carbonyl (C=O) groups is 1. The van der Waals surface area contributed by atoms with Gasteiger partial charge in [0.15, 0.2) is 11.5 Å². The van der Waals surface area contributed by atoms with E-state index < -0.39 is 0 Å². The Balaban J connectivity index is 1.46. The Morgan fingerprint density at radius 2 is 1.68 bits per heavy atom. The van der Waals surface area contributed by atoms with Gasteiger partial charge in [-0.3, -0.25) is 9.36 Å². The number of benzene rings is 2. The fourth-order valence-corrected chi connectivity index (χ4v) is 3.75. The summed E-state index contributed by atoms with van der Waals surface area (Å²) in [5, 5.41) is 0. The molecule has 0 saturated carbocycles. The molecule has 4 rings (SSSR count). The minimum Gasteiger partial charge on any atom is -0.497 e. The zero-order valence-corrected chi connectivity index (χ0v) is 17.9. The molecule has 0 unspecified atom stereocenters. The maximum atomic E-state index is 13.0. The number of anilines is 1. The molecule has 0 atom stereocenters. The van der Waals surface area contributed by atoms with E-state index in [0.29, 0.717) is 43.2 Å².